The van der Waals surface area contributed by atoms with E-state index in [9.17, 15) is 13.2 Å². The molecule has 0 radical (unpaired) electrons. The summed E-state index contributed by atoms with van der Waals surface area (Å²) in [6.45, 7) is 2.15. The Morgan fingerprint density at radius 2 is 1.61 bits per heavy atom. The molecular weight excluding hydrogens is 434 g/mol. The summed E-state index contributed by atoms with van der Waals surface area (Å²) in [5.74, 6) is -0.133. The summed E-state index contributed by atoms with van der Waals surface area (Å²) in [6.07, 6.45) is 5.40. The number of aryl methyl sites for hydroxylation is 2. The van der Waals surface area contributed by atoms with E-state index in [1.165, 1.54) is 23.1 Å². The van der Waals surface area contributed by atoms with Crippen LogP contribution in [0.25, 0.3) is 0 Å². The van der Waals surface area contributed by atoms with Crippen molar-refractivity contribution in [2.75, 3.05) is 27.2 Å². The van der Waals surface area contributed by atoms with Crippen LogP contribution in [0.4, 0.5) is 0 Å². The second-order valence-electron chi connectivity index (χ2n) is 9.59. The summed E-state index contributed by atoms with van der Waals surface area (Å²) < 4.78 is 27.9. The SMILES string of the molecule is CN(C)Cc1ccc(CNC(=O)C2CCN(S(=O)(=O)c3ccc4c(c3)CCCC4)CC2)cc1. The quantitative estimate of drug-likeness (QED) is 0.675. The van der Waals surface area contributed by atoms with Gasteiger partial charge in [-0.2, -0.15) is 4.31 Å². The van der Waals surface area contributed by atoms with E-state index in [2.05, 4.69) is 22.3 Å². The summed E-state index contributed by atoms with van der Waals surface area (Å²) in [7, 11) is 0.564. The second kappa shape index (κ2) is 10.4. The molecule has 1 fully saturated rings. The fraction of sp³-hybridized carbons (Fsp3) is 0.500. The van der Waals surface area contributed by atoms with E-state index in [1.807, 2.05) is 38.4 Å². The largest absolute Gasteiger partial charge is 0.352 e. The molecule has 0 unspecified atom stereocenters. The Morgan fingerprint density at radius 3 is 2.27 bits per heavy atom. The minimum Gasteiger partial charge on any atom is -0.352 e. The lowest BCUT2D eigenvalue weighted by Gasteiger charge is -2.31. The topological polar surface area (TPSA) is 69.7 Å². The molecule has 6 nitrogen and oxygen atoms in total. The summed E-state index contributed by atoms with van der Waals surface area (Å²) >= 11 is 0. The lowest BCUT2D eigenvalue weighted by atomic mass is 9.92. The Hall–Kier alpha value is -2.22. The third-order valence-corrected chi connectivity index (χ3v) is 8.67. The van der Waals surface area contributed by atoms with Gasteiger partial charge in [0.15, 0.2) is 0 Å². The van der Waals surface area contributed by atoms with Crippen molar-refractivity contribution in [3.8, 4) is 0 Å². The predicted molar refractivity (Wildman–Crippen MR) is 130 cm³/mol. The van der Waals surface area contributed by atoms with Crippen LogP contribution in [0, 0.1) is 5.92 Å². The van der Waals surface area contributed by atoms with E-state index in [4.69, 9.17) is 0 Å². The van der Waals surface area contributed by atoms with E-state index in [-0.39, 0.29) is 11.8 Å². The number of carbonyl (C=O) groups excluding carboxylic acids is 1. The molecule has 0 bridgehead atoms. The molecule has 2 aromatic carbocycles. The van der Waals surface area contributed by atoms with Gasteiger partial charge in [-0.25, -0.2) is 8.42 Å². The third kappa shape index (κ3) is 5.83. The molecule has 1 heterocycles. The molecule has 0 spiro atoms. The lowest BCUT2D eigenvalue weighted by molar-refractivity contribution is -0.126. The highest BCUT2D eigenvalue weighted by Crippen LogP contribution is 2.28. The molecule has 1 N–H and O–H groups in total. The molecule has 2 aromatic rings. The first-order chi connectivity index (χ1) is 15.8. The van der Waals surface area contributed by atoms with Crippen LogP contribution in [-0.4, -0.2) is 50.7 Å². The molecule has 1 aliphatic heterocycles. The van der Waals surface area contributed by atoms with Crippen molar-refractivity contribution < 1.29 is 13.2 Å². The lowest BCUT2D eigenvalue weighted by Crippen LogP contribution is -2.42. The van der Waals surface area contributed by atoms with Crippen molar-refractivity contribution in [3.63, 3.8) is 0 Å². The zero-order valence-electron chi connectivity index (χ0n) is 19.7. The number of amides is 1. The molecular formula is C26H35N3O3S. The van der Waals surface area contributed by atoms with Crippen LogP contribution in [0.15, 0.2) is 47.4 Å². The predicted octanol–water partition coefficient (Wildman–Crippen LogP) is 3.34. The maximum Gasteiger partial charge on any atom is 0.243 e. The van der Waals surface area contributed by atoms with Gasteiger partial charge in [0.05, 0.1) is 4.90 Å². The number of nitrogens with zero attached hydrogens (tertiary/aromatic N) is 2. The van der Waals surface area contributed by atoms with Crippen molar-refractivity contribution >= 4 is 15.9 Å². The zero-order chi connectivity index (χ0) is 23.4. The Kier molecular flexibility index (Phi) is 7.51. The minimum absolute atomic E-state index is 0.0122. The van der Waals surface area contributed by atoms with Crippen molar-refractivity contribution in [2.24, 2.45) is 5.92 Å². The van der Waals surface area contributed by atoms with E-state index >= 15 is 0 Å². The van der Waals surface area contributed by atoms with E-state index < -0.39 is 10.0 Å². The first-order valence-electron chi connectivity index (χ1n) is 11.9. The highest BCUT2D eigenvalue weighted by Gasteiger charge is 2.32. The fourth-order valence-electron chi connectivity index (χ4n) is 4.84. The molecule has 0 aromatic heterocycles. The standard InChI is InChI=1S/C26H35N3O3S/c1-28(2)19-21-9-7-20(8-10-21)18-27-26(30)23-13-15-29(16-14-23)33(31,32)25-12-11-22-5-3-4-6-24(22)17-25/h7-12,17,23H,3-6,13-16,18-19H2,1-2H3,(H,27,30). The highest BCUT2D eigenvalue weighted by molar-refractivity contribution is 7.89. The van der Waals surface area contributed by atoms with Gasteiger partial charge in [-0.1, -0.05) is 30.3 Å². The number of fused-ring (bicyclic) bond motifs is 1. The van der Waals surface area contributed by atoms with Crippen LogP contribution in [0.1, 0.15) is 47.9 Å². The van der Waals surface area contributed by atoms with Crippen LogP contribution in [0.3, 0.4) is 0 Å². The van der Waals surface area contributed by atoms with E-state index in [1.54, 1.807) is 10.4 Å². The molecule has 0 atom stereocenters. The van der Waals surface area contributed by atoms with Gasteiger partial charge < -0.3 is 10.2 Å². The van der Waals surface area contributed by atoms with Crippen molar-refractivity contribution in [2.45, 2.75) is 56.5 Å². The number of hydrogen-bond acceptors (Lipinski definition) is 4. The van der Waals surface area contributed by atoms with Crippen LogP contribution in [0.2, 0.25) is 0 Å². The number of sulfonamides is 1. The van der Waals surface area contributed by atoms with Gasteiger partial charge in [-0.05, 0) is 87.0 Å². The van der Waals surface area contributed by atoms with Crippen molar-refractivity contribution in [1.82, 2.24) is 14.5 Å². The maximum absolute atomic E-state index is 13.2. The maximum atomic E-state index is 13.2. The second-order valence-corrected chi connectivity index (χ2v) is 11.5. The van der Waals surface area contributed by atoms with Crippen LogP contribution >= 0.6 is 0 Å². The normalized spacial score (nSPS) is 17.7. The van der Waals surface area contributed by atoms with Gasteiger partial charge in [-0.15, -0.1) is 0 Å². The summed E-state index contributed by atoms with van der Waals surface area (Å²) in [4.78, 5) is 15.2. The average molecular weight is 470 g/mol. The van der Waals surface area contributed by atoms with E-state index in [0.29, 0.717) is 37.4 Å². The molecule has 1 aliphatic carbocycles. The molecule has 4 rings (SSSR count). The number of rotatable bonds is 7. The van der Waals surface area contributed by atoms with Gasteiger partial charge in [0.2, 0.25) is 15.9 Å². The Morgan fingerprint density at radius 1 is 0.970 bits per heavy atom. The smallest absolute Gasteiger partial charge is 0.243 e. The molecule has 1 amide bonds. The molecule has 33 heavy (non-hydrogen) atoms. The third-order valence-electron chi connectivity index (χ3n) is 6.77. The van der Waals surface area contributed by atoms with Crippen LogP contribution in [-0.2, 0) is 40.7 Å². The highest BCUT2D eigenvalue weighted by atomic mass is 32.2. The number of hydrogen-bond donors (Lipinski definition) is 1. The monoisotopic (exact) mass is 469 g/mol. The summed E-state index contributed by atoms with van der Waals surface area (Å²) in [5.41, 5.74) is 4.76. The first kappa shape index (κ1) is 23.9. The Balaban J connectivity index is 1.29. The molecule has 1 saturated heterocycles. The first-order valence-corrected chi connectivity index (χ1v) is 13.4. The van der Waals surface area contributed by atoms with Crippen molar-refractivity contribution in [3.05, 3.63) is 64.7 Å². The van der Waals surface area contributed by atoms with Crippen LogP contribution < -0.4 is 5.32 Å². The number of piperidine rings is 1. The minimum atomic E-state index is -3.51. The molecule has 0 saturated carbocycles. The summed E-state index contributed by atoms with van der Waals surface area (Å²) in [6, 6.07) is 13.9. The molecule has 7 heteroatoms. The Labute approximate surface area is 198 Å². The average Bonchev–Trinajstić information content (AvgIpc) is 2.83. The molecule has 178 valence electrons. The zero-order valence-corrected chi connectivity index (χ0v) is 20.5. The van der Waals surface area contributed by atoms with Crippen LogP contribution in [0.5, 0.6) is 0 Å². The number of benzene rings is 2. The summed E-state index contributed by atoms with van der Waals surface area (Å²) in [5, 5.41) is 3.03. The van der Waals surface area contributed by atoms with Gasteiger partial charge in [0.1, 0.15) is 0 Å². The van der Waals surface area contributed by atoms with E-state index in [0.717, 1.165) is 31.4 Å². The molecule has 2 aliphatic rings. The number of nitrogens with one attached hydrogen (secondary N) is 1. The number of carbonyl (C=O) groups is 1. The van der Waals surface area contributed by atoms with Gasteiger partial charge in [-0.3, -0.25) is 4.79 Å². The Bertz CT molecular complexity index is 1070. The van der Waals surface area contributed by atoms with Gasteiger partial charge >= 0.3 is 0 Å². The van der Waals surface area contributed by atoms with Crippen molar-refractivity contribution in [1.29, 1.82) is 0 Å². The van der Waals surface area contributed by atoms with Gasteiger partial charge in [0, 0.05) is 32.1 Å². The van der Waals surface area contributed by atoms with Gasteiger partial charge in [0.25, 0.3) is 0 Å². The fourth-order valence-corrected chi connectivity index (χ4v) is 6.36.